The van der Waals surface area contributed by atoms with E-state index in [2.05, 4.69) is 15.6 Å². The van der Waals surface area contributed by atoms with Gasteiger partial charge in [0.05, 0.1) is 23.5 Å². The lowest BCUT2D eigenvalue weighted by molar-refractivity contribution is -0.115. The minimum atomic E-state index is -0.207. The van der Waals surface area contributed by atoms with Crippen molar-refractivity contribution in [2.45, 2.75) is 27.2 Å². The number of hydrogen-bond donors (Lipinski definition) is 1. The number of amides is 1. The molecule has 0 fully saturated rings. The molecule has 0 bridgehead atoms. The zero-order valence-electron chi connectivity index (χ0n) is 15.4. The number of rotatable bonds is 4. The maximum atomic E-state index is 12.6. The second kappa shape index (κ2) is 6.68. The van der Waals surface area contributed by atoms with Gasteiger partial charge in [-0.25, -0.2) is 9.50 Å². The van der Waals surface area contributed by atoms with Gasteiger partial charge in [0.15, 0.2) is 11.5 Å². The zero-order valence-corrected chi connectivity index (χ0v) is 15.4. The number of nitrogens with one attached hydrogen (secondary N) is 1. The number of aryl methyl sites for hydroxylation is 3. The van der Waals surface area contributed by atoms with E-state index in [0.717, 1.165) is 28.2 Å². The first-order chi connectivity index (χ1) is 13.0. The number of fused-ring (bicyclic) bond motifs is 1. The molecule has 1 aromatic carbocycles. The monoisotopic (exact) mass is 361 g/mol. The number of carbonyl (C=O) groups is 1. The molecule has 1 N–H and O–H groups in total. The van der Waals surface area contributed by atoms with Crippen LogP contribution in [0.2, 0.25) is 0 Å². The first-order valence-electron chi connectivity index (χ1n) is 8.65. The van der Waals surface area contributed by atoms with E-state index in [1.807, 2.05) is 50.2 Å². The number of carbonyl (C=O) groups excluding carboxylic acids is 1. The standard InChI is InChI=1S/C20H19N5O2/c1-12-4-7-15(8-5-12)20-16(25-18(22-20)9-6-13(2)23-25)11-19(26)21-17-10-14(3)27-24-17/h4-10H,11H2,1-3H3,(H,21,24,26). The van der Waals surface area contributed by atoms with Gasteiger partial charge in [-0.1, -0.05) is 35.0 Å². The third-order valence-corrected chi connectivity index (χ3v) is 4.25. The number of nitrogens with zero attached hydrogens (tertiary/aromatic N) is 4. The molecule has 4 rings (SSSR count). The molecule has 0 aliphatic rings. The molecule has 0 atom stereocenters. The third-order valence-electron chi connectivity index (χ3n) is 4.25. The Hall–Kier alpha value is -3.48. The lowest BCUT2D eigenvalue weighted by Gasteiger charge is -2.06. The Balaban J connectivity index is 1.74. The largest absolute Gasteiger partial charge is 0.360 e. The summed E-state index contributed by atoms with van der Waals surface area (Å²) in [5, 5.41) is 11.1. The summed E-state index contributed by atoms with van der Waals surface area (Å²) in [5.74, 6) is 0.826. The van der Waals surface area contributed by atoms with Gasteiger partial charge in [0.2, 0.25) is 5.91 Å². The van der Waals surface area contributed by atoms with Crippen molar-refractivity contribution in [1.82, 2.24) is 19.8 Å². The van der Waals surface area contributed by atoms with Gasteiger partial charge in [-0.2, -0.15) is 5.10 Å². The molecular weight excluding hydrogens is 342 g/mol. The van der Waals surface area contributed by atoms with Gasteiger partial charge in [-0.3, -0.25) is 4.79 Å². The highest BCUT2D eigenvalue weighted by Gasteiger charge is 2.19. The topological polar surface area (TPSA) is 85.3 Å². The first kappa shape index (κ1) is 17.0. The molecule has 0 radical (unpaired) electrons. The maximum absolute atomic E-state index is 12.6. The highest BCUT2D eigenvalue weighted by atomic mass is 16.5. The third kappa shape index (κ3) is 3.44. The Labute approximate surface area is 156 Å². The predicted molar refractivity (Wildman–Crippen MR) is 101 cm³/mol. The van der Waals surface area contributed by atoms with Crippen molar-refractivity contribution in [2.75, 3.05) is 5.32 Å². The van der Waals surface area contributed by atoms with Crippen LogP contribution in [0.25, 0.3) is 16.9 Å². The van der Waals surface area contributed by atoms with E-state index < -0.39 is 0 Å². The fourth-order valence-electron chi connectivity index (χ4n) is 2.94. The van der Waals surface area contributed by atoms with Crippen molar-refractivity contribution in [2.24, 2.45) is 0 Å². The molecule has 0 aliphatic carbocycles. The summed E-state index contributed by atoms with van der Waals surface area (Å²) < 4.78 is 6.73. The number of hydrogen-bond acceptors (Lipinski definition) is 5. The van der Waals surface area contributed by atoms with Crippen LogP contribution in [-0.2, 0) is 11.2 Å². The van der Waals surface area contributed by atoms with Crippen molar-refractivity contribution in [1.29, 1.82) is 0 Å². The zero-order chi connectivity index (χ0) is 19.0. The maximum Gasteiger partial charge on any atom is 0.231 e. The van der Waals surface area contributed by atoms with E-state index in [4.69, 9.17) is 9.51 Å². The van der Waals surface area contributed by atoms with Gasteiger partial charge in [-0.05, 0) is 32.9 Å². The molecule has 7 nitrogen and oxygen atoms in total. The summed E-state index contributed by atoms with van der Waals surface area (Å²) in [4.78, 5) is 17.3. The van der Waals surface area contributed by atoms with Gasteiger partial charge >= 0.3 is 0 Å². The number of anilines is 1. The summed E-state index contributed by atoms with van der Waals surface area (Å²) in [6.07, 6.45) is 0.118. The molecule has 1 amide bonds. The summed E-state index contributed by atoms with van der Waals surface area (Å²) in [7, 11) is 0. The Bertz CT molecular complexity index is 1130. The minimum Gasteiger partial charge on any atom is -0.360 e. The molecule has 0 spiro atoms. The van der Waals surface area contributed by atoms with E-state index in [1.54, 1.807) is 17.5 Å². The second-order valence-corrected chi connectivity index (χ2v) is 6.57. The summed E-state index contributed by atoms with van der Waals surface area (Å²) in [6.45, 7) is 5.72. The van der Waals surface area contributed by atoms with Crippen LogP contribution in [0, 0.1) is 20.8 Å². The predicted octanol–water partition coefficient (Wildman–Crippen LogP) is 3.49. The van der Waals surface area contributed by atoms with Crippen molar-refractivity contribution in [3.05, 3.63) is 65.2 Å². The summed E-state index contributed by atoms with van der Waals surface area (Å²) in [6, 6.07) is 13.6. The highest BCUT2D eigenvalue weighted by Crippen LogP contribution is 2.25. The number of aromatic nitrogens is 4. The quantitative estimate of drug-likeness (QED) is 0.601. The van der Waals surface area contributed by atoms with Gasteiger partial charge in [0.25, 0.3) is 0 Å². The van der Waals surface area contributed by atoms with Crippen LogP contribution in [0.5, 0.6) is 0 Å². The Morgan fingerprint density at radius 1 is 1.11 bits per heavy atom. The van der Waals surface area contributed by atoms with Gasteiger partial charge in [0, 0.05) is 11.6 Å². The molecule has 3 heterocycles. The molecule has 0 saturated carbocycles. The molecule has 136 valence electrons. The van der Waals surface area contributed by atoms with E-state index in [9.17, 15) is 4.79 Å². The Kier molecular flexibility index (Phi) is 4.19. The second-order valence-electron chi connectivity index (χ2n) is 6.57. The van der Waals surface area contributed by atoms with Gasteiger partial charge in [-0.15, -0.1) is 0 Å². The Morgan fingerprint density at radius 3 is 2.59 bits per heavy atom. The van der Waals surface area contributed by atoms with Crippen LogP contribution in [0.15, 0.2) is 47.0 Å². The normalized spacial score (nSPS) is 11.1. The smallest absolute Gasteiger partial charge is 0.231 e. The van der Waals surface area contributed by atoms with Crippen molar-refractivity contribution >= 4 is 17.4 Å². The molecule has 27 heavy (non-hydrogen) atoms. The SMILES string of the molecule is Cc1ccc(-c2nc3ccc(C)nn3c2CC(=O)Nc2cc(C)on2)cc1. The molecule has 0 aliphatic heterocycles. The molecule has 4 aromatic rings. The molecule has 7 heteroatoms. The van der Waals surface area contributed by atoms with Crippen LogP contribution in [0.4, 0.5) is 5.82 Å². The van der Waals surface area contributed by atoms with Crippen LogP contribution in [0.1, 0.15) is 22.7 Å². The summed E-state index contributed by atoms with van der Waals surface area (Å²) >= 11 is 0. The Morgan fingerprint density at radius 2 is 1.89 bits per heavy atom. The van der Waals surface area contributed by atoms with Gasteiger partial charge in [0.1, 0.15) is 5.76 Å². The first-order valence-corrected chi connectivity index (χ1v) is 8.65. The van der Waals surface area contributed by atoms with E-state index >= 15 is 0 Å². The summed E-state index contributed by atoms with van der Waals surface area (Å²) in [5.41, 5.74) is 5.15. The average molecular weight is 361 g/mol. The highest BCUT2D eigenvalue weighted by molar-refractivity contribution is 5.92. The van der Waals surface area contributed by atoms with E-state index in [1.165, 1.54) is 0 Å². The minimum absolute atomic E-state index is 0.118. The molecule has 0 saturated heterocycles. The van der Waals surface area contributed by atoms with E-state index in [-0.39, 0.29) is 12.3 Å². The van der Waals surface area contributed by atoms with Gasteiger partial charge < -0.3 is 9.84 Å². The number of benzene rings is 1. The van der Waals surface area contributed by atoms with Crippen molar-refractivity contribution in [3.63, 3.8) is 0 Å². The van der Waals surface area contributed by atoms with Crippen LogP contribution in [-0.4, -0.2) is 25.7 Å². The number of imidazole rings is 1. The van der Waals surface area contributed by atoms with Crippen molar-refractivity contribution < 1.29 is 9.32 Å². The fourth-order valence-corrected chi connectivity index (χ4v) is 2.94. The average Bonchev–Trinajstić information content (AvgIpc) is 3.19. The van der Waals surface area contributed by atoms with Crippen LogP contribution >= 0.6 is 0 Å². The van der Waals surface area contributed by atoms with E-state index in [0.29, 0.717) is 17.2 Å². The fraction of sp³-hybridized carbons (Fsp3) is 0.200. The lowest BCUT2D eigenvalue weighted by atomic mass is 10.1. The molecule has 0 unspecified atom stereocenters. The molecular formula is C20H19N5O2. The lowest BCUT2D eigenvalue weighted by Crippen LogP contribution is -2.17. The van der Waals surface area contributed by atoms with Crippen molar-refractivity contribution in [3.8, 4) is 11.3 Å². The van der Waals surface area contributed by atoms with Crippen LogP contribution < -0.4 is 5.32 Å². The molecule has 3 aromatic heterocycles. The van der Waals surface area contributed by atoms with Crippen LogP contribution in [0.3, 0.4) is 0 Å².